The minimum Gasteiger partial charge on any atom is -0.340 e. The summed E-state index contributed by atoms with van der Waals surface area (Å²) in [6.07, 6.45) is 3.40. The highest BCUT2D eigenvalue weighted by atomic mass is 35.5. The first-order valence-corrected chi connectivity index (χ1v) is 5.00. The summed E-state index contributed by atoms with van der Waals surface area (Å²) in [5, 5.41) is 10.6. The molecule has 1 unspecified atom stereocenters. The zero-order valence-corrected chi connectivity index (χ0v) is 9.64. The predicted octanol–water partition coefficient (Wildman–Crippen LogP) is -0.955. The first-order valence-electron chi connectivity index (χ1n) is 5.00. The SMILES string of the molecule is Cl.NC1CCCN(C(=O)Cn2cnnn2)C1. The van der Waals surface area contributed by atoms with Crippen molar-refractivity contribution < 1.29 is 4.79 Å². The van der Waals surface area contributed by atoms with Gasteiger partial charge in [-0.25, -0.2) is 4.68 Å². The average Bonchev–Trinajstić information content (AvgIpc) is 2.70. The van der Waals surface area contributed by atoms with Crippen LogP contribution in [0.25, 0.3) is 0 Å². The summed E-state index contributed by atoms with van der Waals surface area (Å²) in [5.74, 6) is 0.0254. The van der Waals surface area contributed by atoms with Crippen LogP contribution in [-0.2, 0) is 11.3 Å². The van der Waals surface area contributed by atoms with Gasteiger partial charge in [0.1, 0.15) is 12.9 Å². The molecule has 7 nitrogen and oxygen atoms in total. The fourth-order valence-electron chi connectivity index (χ4n) is 1.73. The first kappa shape index (κ1) is 12.9. The van der Waals surface area contributed by atoms with Crippen molar-refractivity contribution in [3.05, 3.63) is 6.33 Å². The van der Waals surface area contributed by atoms with Crippen molar-refractivity contribution in [1.29, 1.82) is 0 Å². The Morgan fingerprint density at radius 1 is 1.56 bits per heavy atom. The summed E-state index contributed by atoms with van der Waals surface area (Å²) in [6, 6.07) is 0.108. The summed E-state index contributed by atoms with van der Waals surface area (Å²) < 4.78 is 1.42. The number of carbonyl (C=O) groups excluding carboxylic acids is 1. The van der Waals surface area contributed by atoms with Crippen LogP contribution in [0, 0.1) is 0 Å². The zero-order chi connectivity index (χ0) is 10.7. The van der Waals surface area contributed by atoms with Gasteiger partial charge < -0.3 is 10.6 Å². The summed E-state index contributed by atoms with van der Waals surface area (Å²) in [6.45, 7) is 1.62. The number of nitrogens with two attached hydrogens (primary N) is 1. The number of amides is 1. The maximum atomic E-state index is 11.8. The molecule has 2 rings (SSSR count). The number of piperidine rings is 1. The molecule has 0 radical (unpaired) electrons. The topological polar surface area (TPSA) is 89.9 Å². The van der Waals surface area contributed by atoms with Gasteiger partial charge in [0.05, 0.1) is 0 Å². The first-order chi connectivity index (χ1) is 7.25. The van der Waals surface area contributed by atoms with Crippen molar-refractivity contribution >= 4 is 18.3 Å². The lowest BCUT2D eigenvalue weighted by Crippen LogP contribution is -2.46. The van der Waals surface area contributed by atoms with Gasteiger partial charge in [-0.2, -0.15) is 0 Å². The fraction of sp³-hybridized carbons (Fsp3) is 0.750. The molecule has 1 aliphatic rings. The Bertz CT molecular complexity index is 329. The molecule has 0 aliphatic carbocycles. The van der Waals surface area contributed by atoms with Gasteiger partial charge >= 0.3 is 0 Å². The number of tetrazole rings is 1. The largest absolute Gasteiger partial charge is 0.340 e. The molecule has 1 aliphatic heterocycles. The monoisotopic (exact) mass is 246 g/mol. The number of likely N-dealkylation sites (tertiary alicyclic amines) is 1. The second kappa shape index (κ2) is 5.76. The van der Waals surface area contributed by atoms with E-state index in [4.69, 9.17) is 5.73 Å². The van der Waals surface area contributed by atoms with E-state index >= 15 is 0 Å². The number of halogens is 1. The van der Waals surface area contributed by atoms with Crippen molar-refractivity contribution in [3.63, 3.8) is 0 Å². The molecule has 0 saturated carbocycles. The molecule has 16 heavy (non-hydrogen) atoms. The lowest BCUT2D eigenvalue weighted by molar-refractivity contribution is -0.133. The lowest BCUT2D eigenvalue weighted by atomic mass is 10.1. The second-order valence-electron chi connectivity index (χ2n) is 3.75. The van der Waals surface area contributed by atoms with Crippen LogP contribution in [0.15, 0.2) is 6.33 Å². The summed E-state index contributed by atoms with van der Waals surface area (Å²) in [4.78, 5) is 13.5. The van der Waals surface area contributed by atoms with Gasteiger partial charge in [0.15, 0.2) is 0 Å². The van der Waals surface area contributed by atoms with Crippen LogP contribution in [-0.4, -0.2) is 50.1 Å². The number of rotatable bonds is 2. The van der Waals surface area contributed by atoms with Crippen LogP contribution in [0.3, 0.4) is 0 Å². The Balaban J connectivity index is 0.00000128. The Hall–Kier alpha value is -1.21. The molecule has 0 aromatic carbocycles. The Morgan fingerprint density at radius 2 is 2.38 bits per heavy atom. The van der Waals surface area contributed by atoms with Crippen LogP contribution in [0.2, 0.25) is 0 Å². The normalized spacial score (nSPS) is 20.3. The second-order valence-corrected chi connectivity index (χ2v) is 3.75. The smallest absolute Gasteiger partial charge is 0.244 e. The molecule has 2 N–H and O–H groups in total. The molecular weight excluding hydrogens is 232 g/mol. The van der Waals surface area contributed by atoms with E-state index in [9.17, 15) is 4.79 Å². The van der Waals surface area contributed by atoms with Gasteiger partial charge in [0.2, 0.25) is 5.91 Å². The molecule has 1 atom stereocenters. The number of nitrogens with zero attached hydrogens (tertiary/aromatic N) is 5. The Labute approximate surface area is 99.4 Å². The van der Waals surface area contributed by atoms with E-state index in [1.54, 1.807) is 4.90 Å². The number of hydrogen-bond donors (Lipinski definition) is 1. The van der Waals surface area contributed by atoms with Gasteiger partial charge in [-0.1, -0.05) is 0 Å². The van der Waals surface area contributed by atoms with Gasteiger partial charge in [-0.15, -0.1) is 17.5 Å². The van der Waals surface area contributed by atoms with Crippen molar-refractivity contribution in [2.45, 2.75) is 25.4 Å². The van der Waals surface area contributed by atoms with Crippen molar-refractivity contribution in [2.24, 2.45) is 5.73 Å². The lowest BCUT2D eigenvalue weighted by Gasteiger charge is -2.30. The number of hydrogen-bond acceptors (Lipinski definition) is 5. The van der Waals surface area contributed by atoms with Gasteiger partial charge in [0.25, 0.3) is 0 Å². The third-order valence-electron chi connectivity index (χ3n) is 2.50. The molecule has 1 saturated heterocycles. The quantitative estimate of drug-likeness (QED) is 0.726. The van der Waals surface area contributed by atoms with Crippen LogP contribution in [0.1, 0.15) is 12.8 Å². The van der Waals surface area contributed by atoms with E-state index in [1.165, 1.54) is 11.0 Å². The number of aromatic nitrogens is 4. The molecule has 1 aromatic heterocycles. The summed E-state index contributed by atoms with van der Waals surface area (Å²) >= 11 is 0. The fourth-order valence-corrected chi connectivity index (χ4v) is 1.73. The highest BCUT2D eigenvalue weighted by Crippen LogP contribution is 2.08. The highest BCUT2D eigenvalue weighted by Gasteiger charge is 2.21. The maximum Gasteiger partial charge on any atom is 0.244 e. The van der Waals surface area contributed by atoms with Crippen LogP contribution < -0.4 is 5.73 Å². The van der Waals surface area contributed by atoms with Crippen LogP contribution in [0.5, 0.6) is 0 Å². The Morgan fingerprint density at radius 3 is 3.00 bits per heavy atom. The van der Waals surface area contributed by atoms with Gasteiger partial charge in [-0.3, -0.25) is 4.79 Å². The molecule has 2 heterocycles. The minimum absolute atomic E-state index is 0. The van der Waals surface area contributed by atoms with E-state index in [1.807, 2.05) is 0 Å². The van der Waals surface area contributed by atoms with Crippen LogP contribution in [0.4, 0.5) is 0 Å². The maximum absolute atomic E-state index is 11.8. The predicted molar refractivity (Wildman–Crippen MR) is 58.9 cm³/mol. The van der Waals surface area contributed by atoms with E-state index in [0.717, 1.165) is 19.4 Å². The summed E-state index contributed by atoms with van der Waals surface area (Å²) in [7, 11) is 0. The van der Waals surface area contributed by atoms with Crippen molar-refractivity contribution in [2.75, 3.05) is 13.1 Å². The van der Waals surface area contributed by atoms with Gasteiger partial charge in [-0.05, 0) is 23.3 Å². The van der Waals surface area contributed by atoms with Crippen molar-refractivity contribution in [1.82, 2.24) is 25.1 Å². The standard InChI is InChI=1S/C8H14N6O.ClH/c9-7-2-1-3-13(4-7)8(15)5-14-6-10-11-12-14;/h6-7H,1-5,9H2;1H. The highest BCUT2D eigenvalue weighted by molar-refractivity contribution is 5.85. The molecule has 1 fully saturated rings. The summed E-state index contributed by atoms with van der Waals surface area (Å²) in [5.41, 5.74) is 5.80. The van der Waals surface area contributed by atoms with Crippen LogP contribution >= 0.6 is 12.4 Å². The van der Waals surface area contributed by atoms with E-state index in [-0.39, 0.29) is 30.9 Å². The molecule has 0 spiro atoms. The third-order valence-corrected chi connectivity index (χ3v) is 2.50. The van der Waals surface area contributed by atoms with Crippen molar-refractivity contribution in [3.8, 4) is 0 Å². The van der Waals surface area contributed by atoms with E-state index in [2.05, 4.69) is 15.5 Å². The van der Waals surface area contributed by atoms with E-state index in [0.29, 0.717) is 6.54 Å². The van der Waals surface area contributed by atoms with E-state index < -0.39 is 0 Å². The molecule has 0 bridgehead atoms. The Kier molecular flexibility index (Phi) is 4.63. The number of carbonyl (C=O) groups is 1. The molecule has 1 amide bonds. The third kappa shape index (κ3) is 3.14. The zero-order valence-electron chi connectivity index (χ0n) is 8.82. The molecule has 8 heteroatoms. The molecule has 1 aromatic rings. The average molecular weight is 247 g/mol. The molecule has 90 valence electrons. The minimum atomic E-state index is 0. The molecular formula is C8H15ClN6O. The van der Waals surface area contributed by atoms with Gasteiger partial charge in [0, 0.05) is 19.1 Å².